The Morgan fingerprint density at radius 1 is 1.03 bits per heavy atom. The van der Waals surface area contributed by atoms with Crippen molar-refractivity contribution in [3.8, 4) is 0 Å². The maximum Gasteiger partial charge on any atom is 0.168 e. The van der Waals surface area contributed by atoms with Crippen LogP contribution in [-0.2, 0) is 17.6 Å². The van der Waals surface area contributed by atoms with Gasteiger partial charge in [0.2, 0.25) is 0 Å². The van der Waals surface area contributed by atoms with Crippen molar-refractivity contribution in [1.29, 1.82) is 0 Å². The number of allylic oxidation sites excluding steroid dienone is 2. The molecule has 1 fully saturated rings. The fourth-order valence-corrected chi connectivity index (χ4v) is 4.47. The van der Waals surface area contributed by atoms with E-state index < -0.39 is 0 Å². The van der Waals surface area contributed by atoms with Gasteiger partial charge in [0, 0.05) is 32.1 Å². The highest BCUT2D eigenvalue weighted by Crippen LogP contribution is 2.38. The van der Waals surface area contributed by atoms with Crippen LogP contribution in [0, 0.1) is 10.8 Å². The molecule has 3 rings (SSSR count). The van der Waals surface area contributed by atoms with Crippen molar-refractivity contribution >= 4 is 17.3 Å². The Hall–Kier alpha value is -2.24. The summed E-state index contributed by atoms with van der Waals surface area (Å²) in [6.45, 7) is 14.1. The third kappa shape index (κ3) is 4.90. The smallest absolute Gasteiger partial charge is 0.168 e. The summed E-state index contributed by atoms with van der Waals surface area (Å²) in [6, 6.07) is 0. The van der Waals surface area contributed by atoms with Crippen LogP contribution in [0.15, 0.2) is 20.8 Å². The lowest BCUT2D eigenvalue weighted by molar-refractivity contribution is -0.117. The van der Waals surface area contributed by atoms with Crippen LogP contribution in [0.3, 0.4) is 0 Å². The number of hydrogen-bond donors (Lipinski definition) is 1. The quantitative estimate of drug-likeness (QED) is 0.542. The number of hydrogen-bond acceptors (Lipinski definition) is 6. The third-order valence-corrected chi connectivity index (χ3v) is 5.60. The number of carbonyl (C=O) groups is 2. The van der Waals surface area contributed by atoms with Gasteiger partial charge in [-0.15, -0.1) is 0 Å². The highest BCUT2D eigenvalue weighted by molar-refractivity contribution is 6.24. The van der Waals surface area contributed by atoms with E-state index in [1.165, 1.54) is 0 Å². The predicted molar refractivity (Wildman–Crippen MR) is 116 cm³/mol. The number of rotatable bonds is 3. The van der Waals surface area contributed by atoms with Gasteiger partial charge in [-0.2, -0.15) is 0 Å². The van der Waals surface area contributed by atoms with Gasteiger partial charge >= 0.3 is 0 Å². The molecule has 1 N–H and O–H groups in total. The summed E-state index contributed by atoms with van der Waals surface area (Å²) in [5, 5.41) is 15.0. The summed E-state index contributed by atoms with van der Waals surface area (Å²) < 4.78 is 5.45. The van der Waals surface area contributed by atoms with E-state index in [0.29, 0.717) is 60.4 Å². The fraction of sp³-hybridized carbons (Fsp3) is 0.667. The summed E-state index contributed by atoms with van der Waals surface area (Å²) >= 11 is 0. The van der Waals surface area contributed by atoms with E-state index in [4.69, 9.17) is 9.52 Å². The van der Waals surface area contributed by atoms with E-state index in [-0.39, 0.29) is 40.1 Å². The van der Waals surface area contributed by atoms with Crippen LogP contribution in [0.1, 0.15) is 96.0 Å². The van der Waals surface area contributed by atoms with E-state index in [1.807, 2.05) is 48.5 Å². The average molecular weight is 415 g/mol. The van der Waals surface area contributed by atoms with Crippen LogP contribution in [0.5, 0.6) is 0 Å². The summed E-state index contributed by atoms with van der Waals surface area (Å²) in [4.78, 5) is 30.2. The van der Waals surface area contributed by atoms with Crippen molar-refractivity contribution in [2.24, 2.45) is 15.8 Å². The van der Waals surface area contributed by atoms with Crippen molar-refractivity contribution in [2.45, 2.75) is 92.5 Å². The minimum atomic E-state index is -0.348. The van der Waals surface area contributed by atoms with Crippen molar-refractivity contribution in [3.05, 3.63) is 28.3 Å². The molecule has 30 heavy (non-hydrogen) atoms. The van der Waals surface area contributed by atoms with Gasteiger partial charge in [0.05, 0.1) is 28.1 Å². The Morgan fingerprint density at radius 2 is 1.63 bits per heavy atom. The molecular weight excluding hydrogens is 380 g/mol. The van der Waals surface area contributed by atoms with Gasteiger partial charge in [0.15, 0.2) is 11.6 Å². The number of aliphatic hydroxyl groups excluding tert-OH is 1. The summed E-state index contributed by atoms with van der Waals surface area (Å²) in [5.74, 6) is 0.615. The van der Waals surface area contributed by atoms with E-state index in [2.05, 4.69) is 5.16 Å². The van der Waals surface area contributed by atoms with Gasteiger partial charge in [0.1, 0.15) is 11.5 Å². The molecule has 2 aliphatic rings. The van der Waals surface area contributed by atoms with E-state index in [0.717, 1.165) is 0 Å². The molecular formula is C24H34N2O4. The maximum absolute atomic E-state index is 12.9. The number of aliphatic imine (C=N–C) groups is 1. The zero-order valence-electron chi connectivity index (χ0n) is 19.3. The van der Waals surface area contributed by atoms with Crippen LogP contribution >= 0.6 is 0 Å². The fourth-order valence-electron chi connectivity index (χ4n) is 4.47. The first-order chi connectivity index (χ1) is 13.7. The van der Waals surface area contributed by atoms with Gasteiger partial charge in [-0.1, -0.05) is 32.9 Å². The van der Waals surface area contributed by atoms with Crippen LogP contribution in [-0.4, -0.2) is 33.1 Å². The standard InChI is InChI=1S/C24H34N2O4/c1-22(2,3)25-15-10-23(4,5)11-17(28)20(15)16(27)9-8-14-21-18(29)12-24(6,7)13-19(21)30-26-14/h27H,8-13H2,1-7H3. The normalized spacial score (nSPS) is 24.2. The molecule has 0 aliphatic heterocycles. The lowest BCUT2D eigenvalue weighted by Gasteiger charge is -2.32. The first-order valence-electron chi connectivity index (χ1n) is 10.7. The number of aromatic nitrogens is 1. The Kier molecular flexibility index (Phi) is 5.59. The van der Waals surface area contributed by atoms with Gasteiger partial charge in [-0.3, -0.25) is 14.6 Å². The van der Waals surface area contributed by atoms with Crippen molar-refractivity contribution in [2.75, 3.05) is 0 Å². The average Bonchev–Trinajstić information content (AvgIpc) is 2.91. The molecule has 164 valence electrons. The van der Waals surface area contributed by atoms with Gasteiger partial charge in [0.25, 0.3) is 0 Å². The second kappa shape index (κ2) is 7.47. The number of Topliss-reactive ketones (excluding diaryl/α,β-unsaturated/α-hetero) is 2. The Bertz CT molecular complexity index is 939. The number of carbonyl (C=O) groups excluding carboxylic acids is 2. The first kappa shape index (κ1) is 22.4. The first-order valence-corrected chi connectivity index (χ1v) is 10.7. The van der Waals surface area contributed by atoms with Crippen LogP contribution in [0.4, 0.5) is 0 Å². The highest BCUT2D eigenvalue weighted by Gasteiger charge is 2.38. The lowest BCUT2D eigenvalue weighted by atomic mass is 9.73. The van der Waals surface area contributed by atoms with Gasteiger partial charge in [-0.25, -0.2) is 0 Å². The molecule has 1 aromatic heterocycles. The molecule has 0 aromatic carbocycles. The van der Waals surface area contributed by atoms with Gasteiger partial charge < -0.3 is 9.63 Å². The minimum absolute atomic E-state index is 0.0267. The molecule has 1 aromatic rings. The Labute approximate surface area is 178 Å². The Morgan fingerprint density at radius 3 is 2.27 bits per heavy atom. The molecule has 0 radical (unpaired) electrons. The molecule has 1 saturated carbocycles. The molecule has 1 heterocycles. The van der Waals surface area contributed by atoms with Crippen molar-refractivity contribution in [3.63, 3.8) is 0 Å². The third-order valence-electron chi connectivity index (χ3n) is 5.60. The molecule has 0 unspecified atom stereocenters. The van der Waals surface area contributed by atoms with Crippen molar-refractivity contribution in [1.82, 2.24) is 5.16 Å². The molecule has 0 saturated heterocycles. The highest BCUT2D eigenvalue weighted by atomic mass is 16.5. The predicted octanol–water partition coefficient (Wildman–Crippen LogP) is 5.20. The van der Waals surface area contributed by atoms with E-state index in [9.17, 15) is 14.7 Å². The second-order valence-electron chi connectivity index (χ2n) is 11.4. The zero-order valence-corrected chi connectivity index (χ0v) is 19.3. The van der Waals surface area contributed by atoms with Crippen LogP contribution in [0.25, 0.3) is 0 Å². The summed E-state index contributed by atoms with van der Waals surface area (Å²) in [6.07, 6.45) is 2.71. The molecule has 0 bridgehead atoms. The zero-order chi connectivity index (χ0) is 22.5. The maximum atomic E-state index is 12.9. The number of nitrogens with zero attached hydrogens (tertiary/aromatic N) is 2. The van der Waals surface area contributed by atoms with Gasteiger partial charge in [-0.05, 0) is 38.0 Å². The number of fused-ring (bicyclic) bond motifs is 1. The molecule has 6 heteroatoms. The van der Waals surface area contributed by atoms with Crippen LogP contribution < -0.4 is 0 Å². The summed E-state index contributed by atoms with van der Waals surface area (Å²) in [5.41, 5.74) is 1.47. The van der Waals surface area contributed by atoms with Crippen LogP contribution in [0.2, 0.25) is 0 Å². The monoisotopic (exact) mass is 414 g/mol. The van der Waals surface area contributed by atoms with E-state index in [1.54, 1.807) is 0 Å². The molecule has 0 atom stereocenters. The molecule has 6 nitrogen and oxygen atoms in total. The van der Waals surface area contributed by atoms with E-state index >= 15 is 0 Å². The number of aryl methyl sites for hydroxylation is 1. The minimum Gasteiger partial charge on any atom is -0.511 e. The SMILES string of the molecule is CC1(C)CC(=O)C(=C(O)CCc2noc3c2C(=O)CC(C)(C)C3)C(=NC(C)(C)C)C1. The molecule has 0 amide bonds. The second-order valence-corrected chi connectivity index (χ2v) is 11.4. The Balaban J connectivity index is 1.88. The lowest BCUT2D eigenvalue weighted by Crippen LogP contribution is -2.34. The number of ketones is 2. The van der Waals surface area contributed by atoms with Crippen molar-refractivity contribution < 1.29 is 19.2 Å². The molecule has 0 spiro atoms. The molecule has 2 aliphatic carbocycles. The summed E-state index contributed by atoms with van der Waals surface area (Å²) in [7, 11) is 0. The largest absolute Gasteiger partial charge is 0.511 e. The topological polar surface area (TPSA) is 92.8 Å². The number of aliphatic hydroxyl groups is 1.